The van der Waals surface area contributed by atoms with Gasteiger partial charge in [0, 0.05) is 56.0 Å². The van der Waals surface area contributed by atoms with Crippen molar-refractivity contribution < 1.29 is 51.4 Å². The van der Waals surface area contributed by atoms with E-state index in [2.05, 4.69) is 267 Å². The Morgan fingerprint density at radius 3 is 1.48 bits per heavy atom. The van der Waals surface area contributed by atoms with Crippen LogP contribution in [0, 0.1) is 62.6 Å². The van der Waals surface area contributed by atoms with Gasteiger partial charge in [0.15, 0.2) is 23.1 Å². The molecule has 8 aliphatic rings. The van der Waals surface area contributed by atoms with Gasteiger partial charge in [0.25, 0.3) is 0 Å². The molecule has 37 unspecified atom stereocenters. The lowest BCUT2D eigenvalue weighted by Gasteiger charge is -2.65. The smallest absolute Gasteiger partial charge is 0.426 e. The standard InChI is InChI=1S/C26H42O3.C20H63O8P35/c1-14-13-26-21(28-22(27)29-26)20-23(6,7)16(3)11-17(4)25(20,10)12-15(2)19(18(14)5)24(26,8)9;1-8-10(26-52(61(47)57(39)40)63(59(43)44)60(45)46)7-20-16(23-17(22)24-20)14-15(21)9(25-49(30)53(31)32)5-12(28-50(54(33)34)55(35)36)19(14,4)6-11(13(8)18(20,2)3)27-51(56(37)38)62(48-29)58(41)42/h14-17,20-21H,11-13H2,1-10H3;9-12,14,16,48H,5-7,29-47H2,1-4H3/t14?,15?,16?,17-,20?,21?,25+,26+;9?,10?,11?,12?,14?,16?,19-,20?,49?,51?,52?,61?,62?/m01/s1. The first-order chi connectivity index (χ1) is 42.2. The number of ketones is 1. The van der Waals surface area contributed by atoms with E-state index in [1.54, 1.807) is 0 Å². The Balaban J connectivity index is 0.000000341. The van der Waals surface area contributed by atoms with Gasteiger partial charge in [-0.15, -0.1) is 152 Å². The van der Waals surface area contributed by atoms with E-state index in [0.29, 0.717) is 50.9 Å². The Morgan fingerprint density at radius 1 is 0.478 bits per heavy atom. The van der Waals surface area contributed by atoms with Gasteiger partial charge in [-0.25, -0.2) is 9.59 Å². The van der Waals surface area contributed by atoms with Crippen molar-refractivity contribution in [2.24, 2.45) is 62.6 Å². The lowest BCUT2D eigenvalue weighted by atomic mass is 9.40. The van der Waals surface area contributed by atoms with Crippen LogP contribution in [0.5, 0.6) is 0 Å². The van der Waals surface area contributed by atoms with Gasteiger partial charge in [-0.3, -0.25) is 4.79 Å². The highest BCUT2D eigenvalue weighted by Crippen LogP contribution is 3.18. The molecule has 0 amide bonds. The molecule has 0 aromatic rings. The molecule has 46 heteroatoms. The fourth-order valence-electron chi connectivity index (χ4n) is 17.0. The molecule has 2 spiro atoms. The number of allylic oxidation sites excluding steroid dienone is 1. The minimum absolute atomic E-state index is 0.0381. The summed E-state index contributed by atoms with van der Waals surface area (Å²) in [6.45, 7) is 26.8. The zero-order chi connectivity index (χ0) is 69.7. The second-order valence-corrected chi connectivity index (χ2v) is 149. The fraction of sp³-hybridized carbons (Fsp3) is 0.848. The van der Waals surface area contributed by atoms with Gasteiger partial charge in [0.05, 0.1) is 54.3 Å². The zero-order valence-electron chi connectivity index (χ0n) is 54.8. The van der Waals surface area contributed by atoms with Crippen LogP contribution in [0.3, 0.4) is 0 Å². The van der Waals surface area contributed by atoms with E-state index in [-0.39, 0.29) is 40.2 Å². The van der Waals surface area contributed by atoms with Crippen LogP contribution in [-0.4, -0.2) is 65.9 Å². The summed E-state index contributed by atoms with van der Waals surface area (Å²) >= 11 is 0. The van der Waals surface area contributed by atoms with E-state index < -0.39 is 172 Å². The minimum atomic E-state index is -1.25. The predicted octanol–water partition coefficient (Wildman–Crippen LogP) is 29.1. The number of carbonyl (C=O) groups is 3. The number of Topliss-reactive ketones (excluding diaryl/α,β-unsaturated/α-hetero) is 1. The van der Waals surface area contributed by atoms with Crippen LogP contribution < -0.4 is 0 Å². The molecule has 11 nitrogen and oxygen atoms in total. The monoisotopic (exact) mass is 1920 g/mol. The highest BCUT2D eigenvalue weighted by atomic mass is 33.2. The molecule has 2 saturated heterocycles. The molecule has 92 heavy (non-hydrogen) atoms. The van der Waals surface area contributed by atoms with Crippen LogP contribution in [0.25, 0.3) is 0 Å². The quantitative estimate of drug-likeness (QED) is 0.0657. The van der Waals surface area contributed by atoms with Gasteiger partial charge in [0.1, 0.15) is 12.2 Å². The third-order valence-corrected chi connectivity index (χ3v) is 176. The first kappa shape index (κ1) is 91.8. The molecule has 0 N–H and O–H groups in total. The SMILES string of the molecule is CC1=C2C(C)C[C@@]3(C)C(C4OC(=O)O[C@@]4(CC1C)C2(C)C)C(C)(C)C(C)C[C@@H]3C.CC1=C2C(OP(P(P)P)P(PP)P(P)P)C[C@]3(C)C(OP(P(P)P)P(P)P)CC(OP(P)P(P)P)C(=O)C3C3OC(=O)OC3(CC1OP(P(P)P(P)P)P(P(P)P)P(P)P)C2(C)C. The van der Waals surface area contributed by atoms with Gasteiger partial charge in [-0.1, -0.05) is 120 Å². The van der Waals surface area contributed by atoms with E-state index in [1.807, 2.05) is 0 Å². The average molecular weight is 1920 g/mol. The van der Waals surface area contributed by atoms with Crippen molar-refractivity contribution in [1.82, 2.24) is 0 Å². The molecular weight excluding hydrogens is 1810 g/mol. The first-order valence-electron chi connectivity index (χ1n) is 29.5. The summed E-state index contributed by atoms with van der Waals surface area (Å²) in [7, 11) is 55.0. The van der Waals surface area contributed by atoms with Gasteiger partial charge >= 0.3 is 12.3 Å². The van der Waals surface area contributed by atoms with Crippen molar-refractivity contribution in [3.8, 4) is 0 Å². The van der Waals surface area contributed by atoms with Crippen molar-refractivity contribution in [2.75, 3.05) is 0 Å². The number of hydrogen-bond acceptors (Lipinski definition) is 11. The highest BCUT2D eigenvalue weighted by molar-refractivity contribution is 9.19. The second kappa shape index (κ2) is 37.0. The topological polar surface area (TPSA) is 125 Å². The van der Waals surface area contributed by atoms with Crippen molar-refractivity contribution in [3.63, 3.8) is 0 Å². The lowest BCUT2D eigenvalue weighted by molar-refractivity contribution is -0.193. The van der Waals surface area contributed by atoms with Gasteiger partial charge < -0.3 is 37.0 Å². The molecule has 2 heterocycles. The van der Waals surface area contributed by atoms with E-state index in [1.165, 1.54) is 17.6 Å². The minimum Gasteiger partial charge on any atom is -0.426 e. The maximum absolute atomic E-state index is 15.8. The number of hydrogen-bond donors (Lipinski definition) is 0. The van der Waals surface area contributed by atoms with Crippen LogP contribution in [0.1, 0.15) is 135 Å². The average Bonchev–Trinajstić information content (AvgIpc) is 1.28. The van der Waals surface area contributed by atoms with Crippen LogP contribution in [0.2, 0.25) is 0 Å². The van der Waals surface area contributed by atoms with Crippen molar-refractivity contribution in [2.45, 2.75) is 183 Å². The lowest BCUT2D eigenvalue weighted by Crippen LogP contribution is -2.69. The van der Waals surface area contributed by atoms with Crippen LogP contribution in [0.15, 0.2) is 22.3 Å². The maximum Gasteiger partial charge on any atom is 0.509 e. The Bertz CT molecular complexity index is 2720. The van der Waals surface area contributed by atoms with Crippen LogP contribution in [0.4, 0.5) is 9.59 Å². The largest absolute Gasteiger partial charge is 0.509 e. The van der Waals surface area contributed by atoms with E-state index in [9.17, 15) is 9.59 Å². The van der Waals surface area contributed by atoms with E-state index >= 15 is 4.79 Å². The molecule has 0 radical (unpaired) electrons. The van der Waals surface area contributed by atoms with Crippen molar-refractivity contribution in [1.29, 1.82) is 0 Å². The number of ether oxygens (including phenoxy) is 4. The summed E-state index contributed by atoms with van der Waals surface area (Å²) in [5.74, 6) is 1.51. The molecule has 41 atom stereocenters. The third-order valence-electron chi connectivity index (χ3n) is 21.6. The van der Waals surface area contributed by atoms with E-state index in [4.69, 9.17) is 37.0 Å². The Hall–Kier alpha value is 12.6. The normalized spacial score (nSPS) is 38.4. The van der Waals surface area contributed by atoms with E-state index in [0.717, 1.165) is 24.0 Å². The third kappa shape index (κ3) is 18.6. The summed E-state index contributed by atoms with van der Waals surface area (Å²) in [6, 6.07) is 0. The Morgan fingerprint density at radius 2 is 0.989 bits per heavy atom. The van der Waals surface area contributed by atoms with Crippen molar-refractivity contribution in [3.05, 3.63) is 22.3 Å². The number of rotatable bonds is 20. The molecule has 530 valence electrons. The first-order valence-corrected chi connectivity index (χ1v) is 89.9. The maximum atomic E-state index is 15.8. The summed E-state index contributed by atoms with van der Waals surface area (Å²) < 4.78 is 55.9. The Labute approximate surface area is 616 Å². The molecule has 4 saturated carbocycles. The second-order valence-electron chi connectivity index (χ2n) is 27.6. The zero-order valence-corrected chi connectivity index (χ0v) is 91.2. The molecule has 2 aliphatic heterocycles. The molecule has 0 aromatic heterocycles. The summed E-state index contributed by atoms with van der Waals surface area (Å²) in [4.78, 5) is 42.8. The summed E-state index contributed by atoms with van der Waals surface area (Å²) in [5, 5.41) is 0. The van der Waals surface area contributed by atoms with Crippen LogP contribution >= 0.6 is 285 Å². The Kier molecular flexibility index (Phi) is 36.9. The van der Waals surface area contributed by atoms with Gasteiger partial charge in [-0.2, -0.15) is 0 Å². The van der Waals surface area contributed by atoms with Crippen LogP contribution in [-0.2, 0) is 41.8 Å². The fourth-order valence-corrected chi connectivity index (χ4v) is 215. The molecule has 8 rings (SSSR count). The molecule has 6 fully saturated rings. The predicted molar refractivity (Wildman–Crippen MR) is 504 cm³/mol. The molecule has 6 aliphatic carbocycles. The van der Waals surface area contributed by atoms with Crippen molar-refractivity contribution >= 4 is 303 Å². The molecular formula is C46H105O11P35. The summed E-state index contributed by atoms with van der Waals surface area (Å²) in [5.41, 5.74) is 1.84. The highest BCUT2D eigenvalue weighted by Gasteiger charge is 2.76. The summed E-state index contributed by atoms with van der Waals surface area (Å²) in [6.07, 6.45) is 0.354. The van der Waals surface area contributed by atoms with Gasteiger partial charge in [-0.05, 0) is 141 Å². The molecule has 0 aromatic carbocycles. The number of carbonyl (C=O) groups excluding carboxylic acids is 3. The number of fused-ring (bicyclic) bond motifs is 6. The van der Waals surface area contributed by atoms with Gasteiger partial charge in [0.2, 0.25) is 0 Å². The molecule has 4 bridgehead atoms.